The average molecular weight is 311 g/mol. The highest BCUT2D eigenvalue weighted by atomic mass is 16.1. The molecule has 0 aliphatic carbocycles. The van der Waals surface area contributed by atoms with Crippen LogP contribution in [0.2, 0.25) is 0 Å². The standard InChI is InChI=1S/C17H21N5O/c1-12-6-8-14(9-7-12)21-17(18)19-11-10-16(23)22-15-5-3-4-13(2)20-15/h3-9H,10-11H2,1-2H3,(H3,18,19,21)(H,20,22,23). The molecule has 6 heteroatoms. The van der Waals surface area contributed by atoms with E-state index in [1.54, 1.807) is 6.07 Å². The van der Waals surface area contributed by atoms with Crippen LogP contribution in [0.25, 0.3) is 0 Å². The van der Waals surface area contributed by atoms with E-state index in [1.807, 2.05) is 50.2 Å². The van der Waals surface area contributed by atoms with Gasteiger partial charge in [0.05, 0.1) is 6.54 Å². The van der Waals surface area contributed by atoms with E-state index in [0.717, 1.165) is 11.4 Å². The Morgan fingerprint density at radius 3 is 2.57 bits per heavy atom. The Morgan fingerprint density at radius 1 is 1.13 bits per heavy atom. The summed E-state index contributed by atoms with van der Waals surface area (Å²) < 4.78 is 0. The Kier molecular flexibility index (Phi) is 5.68. The topological polar surface area (TPSA) is 92.4 Å². The van der Waals surface area contributed by atoms with Gasteiger partial charge in [-0.15, -0.1) is 0 Å². The van der Waals surface area contributed by atoms with Gasteiger partial charge in [0.2, 0.25) is 5.91 Å². The number of pyridine rings is 1. The first-order chi connectivity index (χ1) is 11.0. The summed E-state index contributed by atoms with van der Waals surface area (Å²) >= 11 is 0. The van der Waals surface area contributed by atoms with Gasteiger partial charge in [0.1, 0.15) is 5.82 Å². The molecule has 120 valence electrons. The second-order valence-corrected chi connectivity index (χ2v) is 5.22. The molecule has 0 fully saturated rings. The third-order valence-electron chi connectivity index (χ3n) is 3.10. The maximum Gasteiger partial charge on any atom is 0.227 e. The van der Waals surface area contributed by atoms with Gasteiger partial charge in [-0.3, -0.25) is 9.79 Å². The molecular weight excluding hydrogens is 290 g/mol. The van der Waals surface area contributed by atoms with Crippen LogP contribution in [0, 0.1) is 13.8 Å². The minimum absolute atomic E-state index is 0.144. The third-order valence-corrected chi connectivity index (χ3v) is 3.10. The molecule has 1 aromatic heterocycles. The fourth-order valence-corrected chi connectivity index (χ4v) is 1.92. The second-order valence-electron chi connectivity index (χ2n) is 5.22. The van der Waals surface area contributed by atoms with E-state index in [4.69, 9.17) is 5.73 Å². The lowest BCUT2D eigenvalue weighted by atomic mass is 10.2. The molecule has 6 nitrogen and oxygen atoms in total. The number of aliphatic imine (C=N–C) groups is 1. The number of anilines is 2. The molecule has 4 N–H and O–H groups in total. The number of carbonyl (C=O) groups excluding carboxylic acids is 1. The van der Waals surface area contributed by atoms with Gasteiger partial charge >= 0.3 is 0 Å². The molecule has 2 rings (SSSR count). The Balaban J connectivity index is 1.78. The van der Waals surface area contributed by atoms with E-state index in [9.17, 15) is 4.79 Å². The minimum Gasteiger partial charge on any atom is -0.370 e. The predicted molar refractivity (Wildman–Crippen MR) is 93.5 cm³/mol. The Bertz CT molecular complexity index is 694. The van der Waals surface area contributed by atoms with Crippen LogP contribution in [-0.4, -0.2) is 23.4 Å². The van der Waals surface area contributed by atoms with Gasteiger partial charge in [0.25, 0.3) is 0 Å². The summed E-state index contributed by atoms with van der Waals surface area (Å²) in [7, 11) is 0. The number of nitrogens with one attached hydrogen (secondary N) is 2. The quantitative estimate of drug-likeness (QED) is 0.584. The number of amides is 1. The Labute approximate surface area is 135 Å². The van der Waals surface area contributed by atoms with Crippen LogP contribution in [0.3, 0.4) is 0 Å². The maximum absolute atomic E-state index is 11.8. The van der Waals surface area contributed by atoms with Crippen molar-refractivity contribution in [3.05, 3.63) is 53.7 Å². The molecule has 0 saturated heterocycles. The number of aromatic nitrogens is 1. The number of aryl methyl sites for hydroxylation is 2. The summed E-state index contributed by atoms with van der Waals surface area (Å²) in [6.07, 6.45) is 0.242. The first kappa shape index (κ1) is 16.5. The molecule has 0 radical (unpaired) electrons. The lowest BCUT2D eigenvalue weighted by molar-refractivity contribution is -0.116. The molecular formula is C17H21N5O. The van der Waals surface area contributed by atoms with Crippen LogP contribution in [0.1, 0.15) is 17.7 Å². The highest BCUT2D eigenvalue weighted by molar-refractivity contribution is 5.93. The molecule has 1 aromatic carbocycles. The molecule has 0 aliphatic heterocycles. The largest absolute Gasteiger partial charge is 0.370 e. The van der Waals surface area contributed by atoms with Gasteiger partial charge in [-0.1, -0.05) is 23.8 Å². The van der Waals surface area contributed by atoms with Crippen LogP contribution >= 0.6 is 0 Å². The molecule has 0 aliphatic rings. The van der Waals surface area contributed by atoms with Gasteiger partial charge in [0.15, 0.2) is 5.96 Å². The number of benzene rings is 1. The smallest absolute Gasteiger partial charge is 0.227 e. The van der Waals surface area contributed by atoms with Gasteiger partial charge in [0, 0.05) is 17.8 Å². The van der Waals surface area contributed by atoms with E-state index in [2.05, 4.69) is 20.6 Å². The van der Waals surface area contributed by atoms with Gasteiger partial charge in [-0.25, -0.2) is 4.98 Å². The van der Waals surface area contributed by atoms with E-state index < -0.39 is 0 Å². The molecule has 0 unspecified atom stereocenters. The molecule has 1 heterocycles. The number of carbonyl (C=O) groups is 1. The predicted octanol–water partition coefficient (Wildman–Crippen LogP) is 2.45. The average Bonchev–Trinajstić information content (AvgIpc) is 2.49. The zero-order chi connectivity index (χ0) is 16.7. The van der Waals surface area contributed by atoms with Crippen molar-refractivity contribution in [2.45, 2.75) is 20.3 Å². The van der Waals surface area contributed by atoms with Crippen molar-refractivity contribution in [3.63, 3.8) is 0 Å². The van der Waals surface area contributed by atoms with E-state index in [1.165, 1.54) is 5.56 Å². The van der Waals surface area contributed by atoms with E-state index in [0.29, 0.717) is 12.4 Å². The summed E-state index contributed by atoms with van der Waals surface area (Å²) in [6, 6.07) is 13.3. The van der Waals surface area contributed by atoms with Gasteiger partial charge in [-0.05, 0) is 38.1 Å². The monoisotopic (exact) mass is 311 g/mol. The molecule has 0 atom stereocenters. The Hall–Kier alpha value is -2.89. The van der Waals surface area contributed by atoms with Crippen LogP contribution in [-0.2, 0) is 4.79 Å². The minimum atomic E-state index is -0.144. The van der Waals surface area contributed by atoms with Crippen molar-refractivity contribution >= 4 is 23.4 Å². The summed E-state index contributed by atoms with van der Waals surface area (Å²) in [5, 5.41) is 5.72. The normalized spacial score (nSPS) is 11.1. The number of hydrogen-bond acceptors (Lipinski definition) is 3. The summed E-state index contributed by atoms with van der Waals surface area (Å²) in [6.45, 7) is 4.20. The molecule has 0 bridgehead atoms. The van der Waals surface area contributed by atoms with E-state index >= 15 is 0 Å². The van der Waals surface area contributed by atoms with Crippen LogP contribution in [0.5, 0.6) is 0 Å². The number of hydrogen-bond donors (Lipinski definition) is 3. The molecule has 2 aromatic rings. The second kappa shape index (κ2) is 7.93. The number of nitrogens with zero attached hydrogens (tertiary/aromatic N) is 2. The van der Waals surface area contributed by atoms with Crippen LogP contribution in [0.4, 0.5) is 11.5 Å². The van der Waals surface area contributed by atoms with Crippen molar-refractivity contribution in [1.82, 2.24) is 4.98 Å². The summed E-state index contributed by atoms with van der Waals surface area (Å²) in [5.41, 5.74) is 8.69. The molecule has 1 amide bonds. The van der Waals surface area contributed by atoms with Crippen molar-refractivity contribution in [1.29, 1.82) is 0 Å². The first-order valence-electron chi connectivity index (χ1n) is 7.40. The van der Waals surface area contributed by atoms with Gasteiger partial charge < -0.3 is 16.4 Å². The number of guanidine groups is 1. The summed E-state index contributed by atoms with van der Waals surface area (Å²) in [5.74, 6) is 0.690. The third kappa shape index (κ3) is 5.78. The summed E-state index contributed by atoms with van der Waals surface area (Å²) in [4.78, 5) is 20.2. The zero-order valence-corrected chi connectivity index (χ0v) is 13.3. The van der Waals surface area contributed by atoms with E-state index in [-0.39, 0.29) is 18.3 Å². The van der Waals surface area contributed by atoms with Crippen molar-refractivity contribution in [2.24, 2.45) is 10.7 Å². The van der Waals surface area contributed by atoms with Crippen molar-refractivity contribution in [2.75, 3.05) is 17.2 Å². The first-order valence-corrected chi connectivity index (χ1v) is 7.40. The van der Waals surface area contributed by atoms with Gasteiger partial charge in [-0.2, -0.15) is 0 Å². The number of rotatable bonds is 5. The SMILES string of the molecule is Cc1ccc(NC(N)=NCCC(=O)Nc2cccc(C)n2)cc1. The highest BCUT2D eigenvalue weighted by Gasteiger charge is 2.03. The fourth-order valence-electron chi connectivity index (χ4n) is 1.92. The van der Waals surface area contributed by atoms with Crippen molar-refractivity contribution < 1.29 is 4.79 Å². The van der Waals surface area contributed by atoms with Crippen molar-refractivity contribution in [3.8, 4) is 0 Å². The fraction of sp³-hybridized carbons (Fsp3) is 0.235. The maximum atomic E-state index is 11.8. The molecule has 23 heavy (non-hydrogen) atoms. The molecule has 0 spiro atoms. The highest BCUT2D eigenvalue weighted by Crippen LogP contribution is 2.08. The zero-order valence-electron chi connectivity index (χ0n) is 13.3. The Morgan fingerprint density at radius 2 is 1.87 bits per heavy atom. The number of nitrogens with two attached hydrogens (primary N) is 1. The lowest BCUT2D eigenvalue weighted by Crippen LogP contribution is -2.23. The van der Waals surface area contributed by atoms with Crippen LogP contribution < -0.4 is 16.4 Å². The lowest BCUT2D eigenvalue weighted by Gasteiger charge is -2.06. The van der Waals surface area contributed by atoms with Crippen LogP contribution in [0.15, 0.2) is 47.5 Å². The molecule has 0 saturated carbocycles.